The molecule has 1 aliphatic heterocycles. The molecule has 4 rings (SSSR count). The highest BCUT2D eigenvalue weighted by molar-refractivity contribution is 7.13. The number of aromatic nitrogens is 2. The van der Waals surface area contributed by atoms with Crippen LogP contribution in [0.5, 0.6) is 0 Å². The fourth-order valence-corrected chi connectivity index (χ4v) is 4.50. The molecular weight excluding hydrogens is 377 g/mol. The number of amides is 1. The Kier molecular flexibility index (Phi) is 4.33. The number of nitrogens with zero attached hydrogens (tertiary/aromatic N) is 2. The summed E-state index contributed by atoms with van der Waals surface area (Å²) in [4.78, 5) is 20.4. The van der Waals surface area contributed by atoms with Gasteiger partial charge in [0.15, 0.2) is 10.8 Å². The van der Waals surface area contributed by atoms with Crippen molar-refractivity contribution in [3.05, 3.63) is 47.1 Å². The third-order valence-electron chi connectivity index (χ3n) is 4.74. The summed E-state index contributed by atoms with van der Waals surface area (Å²) in [7, 11) is 0. The Hall–Kier alpha value is -2.55. The third kappa shape index (κ3) is 3.39. The van der Waals surface area contributed by atoms with Crippen LogP contribution in [0, 0.1) is 0 Å². The SMILES string of the molecule is CC(=O)N[C@@H]1CCN(c2nc(C(F)(F)F)cs2)[C@@H]1c1ccc2cc[nH]c2c1. The van der Waals surface area contributed by atoms with Crippen molar-refractivity contribution in [2.45, 2.75) is 31.6 Å². The zero-order chi connectivity index (χ0) is 19.2. The zero-order valence-electron chi connectivity index (χ0n) is 14.4. The van der Waals surface area contributed by atoms with E-state index in [2.05, 4.69) is 15.3 Å². The Morgan fingerprint density at radius 3 is 2.89 bits per heavy atom. The summed E-state index contributed by atoms with van der Waals surface area (Å²) in [6, 6.07) is 7.36. The molecule has 0 spiro atoms. The third-order valence-corrected chi connectivity index (χ3v) is 5.61. The molecule has 3 aromatic rings. The summed E-state index contributed by atoms with van der Waals surface area (Å²) in [5, 5.41) is 5.33. The average molecular weight is 394 g/mol. The van der Waals surface area contributed by atoms with Crippen molar-refractivity contribution in [2.24, 2.45) is 0 Å². The van der Waals surface area contributed by atoms with E-state index < -0.39 is 11.9 Å². The van der Waals surface area contributed by atoms with Gasteiger partial charge < -0.3 is 15.2 Å². The van der Waals surface area contributed by atoms with Gasteiger partial charge in [-0.15, -0.1) is 11.3 Å². The van der Waals surface area contributed by atoms with Crippen LogP contribution in [0.4, 0.5) is 18.3 Å². The van der Waals surface area contributed by atoms with Gasteiger partial charge in [-0.25, -0.2) is 4.98 Å². The number of hydrogen-bond donors (Lipinski definition) is 2. The summed E-state index contributed by atoms with van der Waals surface area (Å²) >= 11 is 0.973. The maximum Gasteiger partial charge on any atom is 0.434 e. The number of H-pyrrole nitrogens is 1. The summed E-state index contributed by atoms with van der Waals surface area (Å²) in [6.07, 6.45) is -2.00. The standard InChI is InChI=1S/C18H17F3N4OS/c1-10(26)23-13-5-7-25(17-24-15(9-27-17)18(19,20)21)16(13)12-3-2-11-4-6-22-14(11)8-12/h2-4,6,8-9,13,16,22H,5,7H2,1H3,(H,23,26)/t13-,16-/m1/s1. The maximum absolute atomic E-state index is 13.0. The Balaban J connectivity index is 1.73. The number of carbonyl (C=O) groups excluding carboxylic acids is 1. The molecule has 142 valence electrons. The minimum atomic E-state index is -4.47. The molecule has 1 fully saturated rings. The van der Waals surface area contributed by atoms with E-state index in [1.807, 2.05) is 35.4 Å². The van der Waals surface area contributed by atoms with Gasteiger partial charge >= 0.3 is 6.18 Å². The second-order valence-corrected chi connectivity index (χ2v) is 7.41. The van der Waals surface area contributed by atoms with Crippen molar-refractivity contribution in [3.8, 4) is 0 Å². The maximum atomic E-state index is 13.0. The van der Waals surface area contributed by atoms with Crippen LogP contribution in [0.1, 0.15) is 30.6 Å². The van der Waals surface area contributed by atoms with Crippen molar-refractivity contribution in [1.82, 2.24) is 15.3 Å². The number of benzene rings is 1. The molecule has 0 bridgehead atoms. The first-order valence-electron chi connectivity index (χ1n) is 8.46. The number of anilines is 1. The van der Waals surface area contributed by atoms with Crippen LogP contribution in [-0.4, -0.2) is 28.5 Å². The van der Waals surface area contributed by atoms with Gasteiger partial charge in [-0.2, -0.15) is 13.2 Å². The van der Waals surface area contributed by atoms with E-state index in [-0.39, 0.29) is 18.0 Å². The minimum Gasteiger partial charge on any atom is -0.361 e. The first-order chi connectivity index (χ1) is 12.8. The number of carbonyl (C=O) groups is 1. The van der Waals surface area contributed by atoms with Crippen molar-refractivity contribution >= 4 is 33.3 Å². The highest BCUT2D eigenvalue weighted by atomic mass is 32.1. The lowest BCUT2D eigenvalue weighted by molar-refractivity contribution is -0.140. The lowest BCUT2D eigenvalue weighted by Gasteiger charge is -2.28. The number of hydrogen-bond acceptors (Lipinski definition) is 4. The second kappa shape index (κ2) is 6.56. The van der Waals surface area contributed by atoms with Gasteiger partial charge in [-0.3, -0.25) is 4.79 Å². The molecule has 27 heavy (non-hydrogen) atoms. The lowest BCUT2D eigenvalue weighted by Crippen LogP contribution is -2.38. The number of halogens is 3. The Labute approximate surface area is 157 Å². The molecular formula is C18H17F3N4OS. The molecule has 9 heteroatoms. The number of rotatable bonds is 3. The lowest BCUT2D eigenvalue weighted by atomic mass is 9.99. The number of nitrogens with one attached hydrogen (secondary N) is 2. The molecule has 1 saturated heterocycles. The summed E-state index contributed by atoms with van der Waals surface area (Å²) < 4.78 is 38.9. The second-order valence-electron chi connectivity index (χ2n) is 6.57. The Bertz CT molecular complexity index is 980. The van der Waals surface area contributed by atoms with E-state index in [4.69, 9.17) is 0 Å². The number of fused-ring (bicyclic) bond motifs is 1. The fraction of sp³-hybridized carbons (Fsp3) is 0.333. The van der Waals surface area contributed by atoms with Gasteiger partial charge in [-0.1, -0.05) is 12.1 Å². The van der Waals surface area contributed by atoms with Gasteiger partial charge in [0.25, 0.3) is 0 Å². The summed E-state index contributed by atoms with van der Waals surface area (Å²) in [5.41, 5.74) is 0.977. The van der Waals surface area contributed by atoms with Crippen molar-refractivity contribution < 1.29 is 18.0 Å². The predicted octanol–water partition coefficient (Wildman–Crippen LogP) is 4.10. The van der Waals surface area contributed by atoms with E-state index >= 15 is 0 Å². The van der Waals surface area contributed by atoms with Gasteiger partial charge in [-0.05, 0) is 29.5 Å². The summed E-state index contributed by atoms with van der Waals surface area (Å²) in [5.74, 6) is -0.164. The van der Waals surface area contributed by atoms with Crippen LogP contribution < -0.4 is 10.2 Å². The molecule has 0 saturated carbocycles. The van der Waals surface area contributed by atoms with Crippen molar-refractivity contribution in [1.29, 1.82) is 0 Å². The van der Waals surface area contributed by atoms with E-state index in [1.165, 1.54) is 6.92 Å². The van der Waals surface area contributed by atoms with Crippen molar-refractivity contribution in [3.63, 3.8) is 0 Å². The smallest absolute Gasteiger partial charge is 0.361 e. The number of alkyl halides is 3. The first-order valence-corrected chi connectivity index (χ1v) is 9.34. The largest absolute Gasteiger partial charge is 0.434 e. The number of aromatic amines is 1. The van der Waals surface area contributed by atoms with E-state index in [0.29, 0.717) is 18.1 Å². The molecule has 2 aromatic heterocycles. The topological polar surface area (TPSA) is 61.0 Å². The Morgan fingerprint density at radius 2 is 2.19 bits per heavy atom. The molecule has 5 nitrogen and oxygen atoms in total. The van der Waals surface area contributed by atoms with Crippen molar-refractivity contribution in [2.75, 3.05) is 11.4 Å². The molecule has 2 N–H and O–H groups in total. The van der Waals surface area contributed by atoms with Gasteiger partial charge in [0, 0.05) is 30.6 Å². The molecule has 2 atom stereocenters. The van der Waals surface area contributed by atoms with Crippen LogP contribution in [0.15, 0.2) is 35.8 Å². The predicted molar refractivity (Wildman–Crippen MR) is 97.7 cm³/mol. The Morgan fingerprint density at radius 1 is 1.37 bits per heavy atom. The quantitative estimate of drug-likeness (QED) is 0.703. The summed E-state index contributed by atoms with van der Waals surface area (Å²) in [6.45, 7) is 1.96. The molecule has 1 aliphatic rings. The zero-order valence-corrected chi connectivity index (χ0v) is 15.2. The normalized spacial score (nSPS) is 20.4. The van der Waals surface area contributed by atoms with Crippen LogP contribution in [0.3, 0.4) is 0 Å². The van der Waals surface area contributed by atoms with Gasteiger partial charge in [0.1, 0.15) is 0 Å². The van der Waals surface area contributed by atoms with Crippen LogP contribution in [0.25, 0.3) is 10.9 Å². The molecule has 0 unspecified atom stereocenters. The van der Waals surface area contributed by atoms with Crippen LogP contribution in [0.2, 0.25) is 0 Å². The highest BCUT2D eigenvalue weighted by Gasteiger charge is 2.40. The van der Waals surface area contributed by atoms with Gasteiger partial charge in [0.05, 0.1) is 12.1 Å². The van der Waals surface area contributed by atoms with E-state index in [0.717, 1.165) is 33.2 Å². The molecule has 0 radical (unpaired) electrons. The first kappa shape index (κ1) is 17.8. The monoisotopic (exact) mass is 394 g/mol. The van der Waals surface area contributed by atoms with E-state index in [1.54, 1.807) is 0 Å². The van der Waals surface area contributed by atoms with Crippen LogP contribution in [-0.2, 0) is 11.0 Å². The van der Waals surface area contributed by atoms with Gasteiger partial charge in [0.2, 0.25) is 5.91 Å². The average Bonchev–Trinajstić information content (AvgIpc) is 3.31. The minimum absolute atomic E-state index is 0.164. The van der Waals surface area contributed by atoms with Crippen LogP contribution >= 0.6 is 11.3 Å². The van der Waals surface area contributed by atoms with E-state index in [9.17, 15) is 18.0 Å². The molecule has 0 aliphatic carbocycles. The molecule has 3 heterocycles. The fourth-order valence-electron chi connectivity index (χ4n) is 3.61. The number of thiazole rings is 1. The highest BCUT2D eigenvalue weighted by Crippen LogP contribution is 2.40. The molecule has 1 aromatic carbocycles. The molecule has 1 amide bonds.